The lowest BCUT2D eigenvalue weighted by Crippen LogP contribution is -2.04. The monoisotopic (exact) mass is 334 g/mol. The minimum absolute atomic E-state index is 0.630. The van der Waals surface area contributed by atoms with Gasteiger partial charge in [-0.3, -0.25) is 0 Å². The second-order valence-corrected chi connectivity index (χ2v) is 6.26. The van der Waals surface area contributed by atoms with Crippen molar-refractivity contribution in [1.82, 2.24) is 0 Å². The fourth-order valence-corrected chi connectivity index (χ4v) is 2.85. The summed E-state index contributed by atoms with van der Waals surface area (Å²) < 4.78 is 12.1. The van der Waals surface area contributed by atoms with Crippen LogP contribution in [0.5, 0.6) is 11.5 Å². The van der Waals surface area contributed by atoms with Crippen molar-refractivity contribution in [3.8, 4) is 11.5 Å². The van der Waals surface area contributed by atoms with Crippen molar-refractivity contribution < 1.29 is 9.47 Å². The molecule has 0 bridgehead atoms. The number of ether oxygens (including phenoxy) is 2. The maximum atomic E-state index is 6.46. The SMILES string of the molecule is CCCCCOc1c(Cl)cc2ccccc2c1OCCCCC. The van der Waals surface area contributed by atoms with E-state index in [1.165, 1.54) is 19.3 Å². The third kappa shape index (κ3) is 5.04. The molecule has 2 rings (SSSR count). The lowest BCUT2D eigenvalue weighted by molar-refractivity contribution is 0.262. The predicted octanol–water partition coefficient (Wildman–Crippen LogP) is 6.63. The number of halogens is 1. The van der Waals surface area contributed by atoms with E-state index in [4.69, 9.17) is 21.1 Å². The van der Waals surface area contributed by atoms with Crippen molar-refractivity contribution in [3.05, 3.63) is 35.4 Å². The lowest BCUT2D eigenvalue weighted by atomic mass is 10.1. The molecule has 0 amide bonds. The van der Waals surface area contributed by atoms with Gasteiger partial charge in [0.15, 0.2) is 11.5 Å². The number of rotatable bonds is 10. The molecule has 0 atom stereocenters. The third-order valence-electron chi connectivity index (χ3n) is 3.90. The summed E-state index contributed by atoms with van der Waals surface area (Å²) >= 11 is 6.46. The van der Waals surface area contributed by atoms with Crippen molar-refractivity contribution in [1.29, 1.82) is 0 Å². The molecule has 0 saturated carbocycles. The Hall–Kier alpha value is -1.41. The fourth-order valence-electron chi connectivity index (χ4n) is 2.59. The quantitative estimate of drug-likeness (QED) is 0.454. The van der Waals surface area contributed by atoms with Crippen LogP contribution in [0.4, 0.5) is 0 Å². The Balaban J connectivity index is 2.24. The zero-order chi connectivity index (χ0) is 16.5. The summed E-state index contributed by atoms with van der Waals surface area (Å²) in [5.74, 6) is 1.48. The summed E-state index contributed by atoms with van der Waals surface area (Å²) in [6.45, 7) is 5.75. The number of hydrogen-bond acceptors (Lipinski definition) is 2. The van der Waals surface area contributed by atoms with Gasteiger partial charge in [0.05, 0.1) is 18.2 Å². The zero-order valence-corrected chi connectivity index (χ0v) is 15.0. The smallest absolute Gasteiger partial charge is 0.180 e. The Morgan fingerprint density at radius 3 is 2.09 bits per heavy atom. The molecular formula is C20H27ClO2. The van der Waals surface area contributed by atoms with Crippen molar-refractivity contribution in [3.63, 3.8) is 0 Å². The average Bonchev–Trinajstić information content (AvgIpc) is 2.56. The van der Waals surface area contributed by atoms with E-state index in [9.17, 15) is 0 Å². The van der Waals surface area contributed by atoms with Gasteiger partial charge in [-0.2, -0.15) is 0 Å². The molecule has 126 valence electrons. The van der Waals surface area contributed by atoms with E-state index in [0.717, 1.165) is 35.8 Å². The van der Waals surface area contributed by atoms with E-state index < -0.39 is 0 Å². The van der Waals surface area contributed by atoms with Gasteiger partial charge >= 0.3 is 0 Å². The summed E-state index contributed by atoms with van der Waals surface area (Å²) in [5.41, 5.74) is 0. The fraction of sp³-hybridized carbons (Fsp3) is 0.500. The molecule has 0 aliphatic rings. The van der Waals surface area contributed by atoms with Crippen molar-refractivity contribution in [2.24, 2.45) is 0 Å². The van der Waals surface area contributed by atoms with E-state index >= 15 is 0 Å². The normalized spacial score (nSPS) is 10.9. The van der Waals surface area contributed by atoms with Crippen LogP contribution in [-0.2, 0) is 0 Å². The summed E-state index contributed by atoms with van der Waals surface area (Å²) in [5, 5.41) is 2.79. The van der Waals surface area contributed by atoms with E-state index in [1.807, 2.05) is 18.2 Å². The zero-order valence-electron chi connectivity index (χ0n) is 14.2. The third-order valence-corrected chi connectivity index (χ3v) is 4.18. The summed E-state index contributed by atoms with van der Waals surface area (Å²) in [6.07, 6.45) is 6.78. The lowest BCUT2D eigenvalue weighted by Gasteiger charge is -2.17. The molecule has 0 N–H and O–H groups in total. The maximum absolute atomic E-state index is 6.46. The number of unbranched alkanes of at least 4 members (excludes halogenated alkanes) is 4. The van der Waals surface area contributed by atoms with Gasteiger partial charge in [0.25, 0.3) is 0 Å². The highest BCUT2D eigenvalue weighted by Gasteiger charge is 2.15. The van der Waals surface area contributed by atoms with Crippen LogP contribution >= 0.6 is 11.6 Å². The van der Waals surface area contributed by atoms with E-state index in [-0.39, 0.29) is 0 Å². The van der Waals surface area contributed by atoms with Crippen LogP contribution in [-0.4, -0.2) is 13.2 Å². The minimum atomic E-state index is 0.630. The van der Waals surface area contributed by atoms with Crippen molar-refractivity contribution in [2.45, 2.75) is 52.4 Å². The van der Waals surface area contributed by atoms with Gasteiger partial charge in [0.1, 0.15) is 0 Å². The molecule has 2 aromatic carbocycles. The molecule has 0 spiro atoms. The number of hydrogen-bond donors (Lipinski definition) is 0. The average molecular weight is 335 g/mol. The molecule has 2 aromatic rings. The van der Waals surface area contributed by atoms with E-state index in [0.29, 0.717) is 24.0 Å². The molecule has 3 heteroatoms. The highest BCUT2D eigenvalue weighted by molar-refractivity contribution is 6.33. The maximum Gasteiger partial charge on any atom is 0.180 e. The summed E-state index contributed by atoms with van der Waals surface area (Å²) in [4.78, 5) is 0. The molecular weight excluding hydrogens is 308 g/mol. The van der Waals surface area contributed by atoms with Crippen LogP contribution in [0.3, 0.4) is 0 Å². The molecule has 0 fully saturated rings. The van der Waals surface area contributed by atoms with Gasteiger partial charge in [0, 0.05) is 5.39 Å². The Morgan fingerprint density at radius 2 is 1.43 bits per heavy atom. The second-order valence-electron chi connectivity index (χ2n) is 5.85. The first-order valence-corrected chi connectivity index (χ1v) is 9.12. The van der Waals surface area contributed by atoms with Crippen molar-refractivity contribution >= 4 is 22.4 Å². The highest BCUT2D eigenvalue weighted by Crippen LogP contribution is 2.42. The summed E-state index contributed by atoms with van der Waals surface area (Å²) in [6, 6.07) is 10.1. The molecule has 0 saturated heterocycles. The molecule has 0 heterocycles. The molecule has 0 aliphatic carbocycles. The molecule has 0 aromatic heterocycles. The first-order chi connectivity index (χ1) is 11.3. The van der Waals surface area contributed by atoms with Gasteiger partial charge in [-0.05, 0) is 24.3 Å². The second kappa shape index (κ2) is 9.67. The van der Waals surface area contributed by atoms with E-state index in [2.05, 4.69) is 26.0 Å². The van der Waals surface area contributed by atoms with Crippen LogP contribution in [0, 0.1) is 0 Å². The molecule has 0 aliphatic heterocycles. The van der Waals surface area contributed by atoms with Gasteiger partial charge < -0.3 is 9.47 Å². The van der Waals surface area contributed by atoms with Gasteiger partial charge in [-0.15, -0.1) is 0 Å². The number of benzene rings is 2. The van der Waals surface area contributed by atoms with Crippen molar-refractivity contribution in [2.75, 3.05) is 13.2 Å². The molecule has 0 radical (unpaired) electrons. The largest absolute Gasteiger partial charge is 0.489 e. The van der Waals surface area contributed by atoms with Crippen LogP contribution in [0.1, 0.15) is 52.4 Å². The van der Waals surface area contributed by atoms with Gasteiger partial charge in [-0.1, -0.05) is 75.4 Å². The summed E-state index contributed by atoms with van der Waals surface area (Å²) in [7, 11) is 0. The Labute approximate surface area is 144 Å². The van der Waals surface area contributed by atoms with Crippen LogP contribution < -0.4 is 9.47 Å². The first-order valence-electron chi connectivity index (χ1n) is 8.74. The predicted molar refractivity (Wildman–Crippen MR) is 99.0 cm³/mol. The van der Waals surface area contributed by atoms with Crippen LogP contribution in [0.25, 0.3) is 10.8 Å². The molecule has 0 unspecified atom stereocenters. The molecule has 2 nitrogen and oxygen atoms in total. The van der Waals surface area contributed by atoms with Crippen LogP contribution in [0.2, 0.25) is 5.02 Å². The van der Waals surface area contributed by atoms with Crippen LogP contribution in [0.15, 0.2) is 30.3 Å². The Morgan fingerprint density at radius 1 is 0.826 bits per heavy atom. The Bertz CT molecular complexity index is 610. The van der Waals surface area contributed by atoms with E-state index in [1.54, 1.807) is 0 Å². The van der Waals surface area contributed by atoms with Gasteiger partial charge in [0.2, 0.25) is 0 Å². The number of fused-ring (bicyclic) bond motifs is 1. The van der Waals surface area contributed by atoms with Gasteiger partial charge in [-0.25, -0.2) is 0 Å². The standard InChI is InChI=1S/C20H27ClO2/c1-3-5-9-13-22-19-17-12-8-7-11-16(17)15-18(21)20(19)23-14-10-6-4-2/h7-8,11-12,15H,3-6,9-10,13-14H2,1-2H3. The highest BCUT2D eigenvalue weighted by atomic mass is 35.5. The topological polar surface area (TPSA) is 18.5 Å². The molecule has 23 heavy (non-hydrogen) atoms. The minimum Gasteiger partial charge on any atom is -0.489 e. The first kappa shape index (κ1) is 17.9. The Kier molecular flexibility index (Phi) is 7.54.